The second-order valence-electron chi connectivity index (χ2n) is 7.19. The van der Waals surface area contributed by atoms with Gasteiger partial charge in [0.2, 0.25) is 0 Å². The lowest BCUT2D eigenvalue weighted by Gasteiger charge is -2.32. The molecule has 0 heterocycles. The number of carbonyl (C=O) groups is 2. The van der Waals surface area contributed by atoms with Crippen LogP contribution in [0.15, 0.2) is 23.3 Å². The van der Waals surface area contributed by atoms with Crippen LogP contribution in [-0.2, 0) is 14.3 Å². The van der Waals surface area contributed by atoms with Crippen LogP contribution in [-0.4, -0.2) is 18.4 Å². The largest absolute Gasteiger partial charge is 0.463 e. The average Bonchev–Trinajstić information content (AvgIpc) is 2.45. The summed E-state index contributed by atoms with van der Waals surface area (Å²) in [5, 5.41) is 0. The second kappa shape index (κ2) is 9.69. The summed E-state index contributed by atoms with van der Waals surface area (Å²) < 4.78 is 5.16. The first-order valence-corrected chi connectivity index (χ1v) is 8.87. The fourth-order valence-electron chi connectivity index (χ4n) is 3.20. The van der Waals surface area contributed by atoms with E-state index in [2.05, 4.69) is 26.8 Å². The molecule has 3 nitrogen and oxygen atoms in total. The third-order valence-corrected chi connectivity index (χ3v) is 4.50. The second-order valence-corrected chi connectivity index (χ2v) is 7.19. The highest BCUT2D eigenvalue weighted by atomic mass is 16.5. The molecule has 0 spiro atoms. The Morgan fingerprint density at radius 2 is 2.00 bits per heavy atom. The maximum atomic E-state index is 12.1. The van der Waals surface area contributed by atoms with Crippen molar-refractivity contribution in [1.29, 1.82) is 0 Å². The number of hydrogen-bond acceptors (Lipinski definition) is 3. The van der Waals surface area contributed by atoms with Gasteiger partial charge in [-0.3, -0.25) is 4.79 Å². The van der Waals surface area contributed by atoms with Crippen molar-refractivity contribution in [2.45, 2.75) is 79.1 Å². The number of rotatable bonds is 8. The number of hydrogen-bond donors (Lipinski definition) is 0. The Morgan fingerprint density at radius 1 is 1.26 bits per heavy atom. The van der Waals surface area contributed by atoms with Gasteiger partial charge in [0, 0.05) is 18.4 Å². The molecule has 3 heteroatoms. The highest BCUT2D eigenvalue weighted by Gasteiger charge is 2.30. The molecular weight excluding hydrogens is 288 g/mol. The molecule has 1 unspecified atom stereocenters. The highest BCUT2D eigenvalue weighted by Crippen LogP contribution is 2.38. The molecule has 0 amide bonds. The van der Waals surface area contributed by atoms with Gasteiger partial charge in [-0.15, -0.1) is 0 Å². The normalized spacial score (nSPS) is 21.9. The third-order valence-electron chi connectivity index (χ3n) is 4.50. The zero-order valence-electron chi connectivity index (χ0n) is 15.2. The van der Waals surface area contributed by atoms with Crippen LogP contribution in [0.25, 0.3) is 0 Å². The Labute approximate surface area is 141 Å². The maximum absolute atomic E-state index is 12.1. The predicted octanol–water partition coefficient (Wildman–Crippen LogP) is 5.15. The van der Waals surface area contributed by atoms with Gasteiger partial charge in [0.25, 0.3) is 0 Å². The molecule has 0 bridgehead atoms. The topological polar surface area (TPSA) is 43.4 Å². The van der Waals surface area contributed by atoms with Gasteiger partial charge >= 0.3 is 5.97 Å². The van der Waals surface area contributed by atoms with E-state index in [1.807, 2.05) is 13.0 Å². The van der Waals surface area contributed by atoms with Crippen LogP contribution in [0.5, 0.6) is 0 Å². The van der Waals surface area contributed by atoms with Crippen LogP contribution in [0, 0.1) is 5.41 Å². The number of carbonyl (C=O) groups excluding carboxylic acids is 2. The molecule has 1 aliphatic rings. The SMILES string of the molecule is CCOC(=O)/C(=C\CCC1(C)CCCC(=O)C1)CCC=C(C)C. The first-order valence-electron chi connectivity index (χ1n) is 8.87. The minimum absolute atomic E-state index is 0.103. The van der Waals surface area contributed by atoms with Gasteiger partial charge in [-0.2, -0.15) is 0 Å². The van der Waals surface area contributed by atoms with Crippen molar-refractivity contribution in [3.63, 3.8) is 0 Å². The third kappa shape index (κ3) is 7.62. The lowest BCUT2D eigenvalue weighted by atomic mass is 9.72. The molecular formula is C20H32O3. The van der Waals surface area contributed by atoms with Crippen molar-refractivity contribution in [3.8, 4) is 0 Å². The summed E-state index contributed by atoms with van der Waals surface area (Å²) in [5.74, 6) is 0.191. The van der Waals surface area contributed by atoms with E-state index in [9.17, 15) is 9.59 Å². The average molecular weight is 320 g/mol. The van der Waals surface area contributed by atoms with Gasteiger partial charge in [0.1, 0.15) is 5.78 Å². The summed E-state index contributed by atoms with van der Waals surface area (Å²) >= 11 is 0. The Morgan fingerprint density at radius 3 is 2.61 bits per heavy atom. The van der Waals surface area contributed by atoms with Crippen molar-refractivity contribution >= 4 is 11.8 Å². The van der Waals surface area contributed by atoms with Crippen molar-refractivity contribution in [2.75, 3.05) is 6.61 Å². The molecule has 1 rings (SSSR count). The van der Waals surface area contributed by atoms with Crippen LogP contribution in [0.2, 0.25) is 0 Å². The van der Waals surface area contributed by atoms with Gasteiger partial charge in [0.15, 0.2) is 0 Å². The fraction of sp³-hybridized carbons (Fsp3) is 0.700. The molecule has 0 aromatic rings. The maximum Gasteiger partial charge on any atom is 0.333 e. The summed E-state index contributed by atoms with van der Waals surface area (Å²) in [6, 6.07) is 0. The van der Waals surface area contributed by atoms with Crippen molar-refractivity contribution in [2.24, 2.45) is 5.41 Å². The van der Waals surface area contributed by atoms with Crippen molar-refractivity contribution in [1.82, 2.24) is 0 Å². The number of esters is 1. The van der Waals surface area contributed by atoms with Crippen LogP contribution in [0.3, 0.4) is 0 Å². The van der Waals surface area contributed by atoms with E-state index in [1.54, 1.807) is 0 Å². The molecule has 0 aromatic heterocycles. The molecule has 1 saturated carbocycles. The highest BCUT2D eigenvalue weighted by molar-refractivity contribution is 5.88. The summed E-state index contributed by atoms with van der Waals surface area (Å²) in [6.07, 6.45) is 11.1. The molecule has 130 valence electrons. The predicted molar refractivity (Wildman–Crippen MR) is 94.2 cm³/mol. The lowest BCUT2D eigenvalue weighted by molar-refractivity contribution is -0.138. The quantitative estimate of drug-likeness (QED) is 0.353. The Bertz CT molecular complexity index is 469. The van der Waals surface area contributed by atoms with Crippen LogP contribution < -0.4 is 0 Å². The van der Waals surface area contributed by atoms with Crippen LogP contribution in [0.4, 0.5) is 0 Å². The Balaban J connectivity index is 2.62. The molecule has 0 aliphatic heterocycles. The summed E-state index contributed by atoms with van der Waals surface area (Å²) in [5.41, 5.74) is 2.14. The van der Waals surface area contributed by atoms with E-state index in [4.69, 9.17) is 4.74 Å². The number of ether oxygens (including phenoxy) is 1. The van der Waals surface area contributed by atoms with E-state index in [0.717, 1.165) is 50.5 Å². The van der Waals surface area contributed by atoms with Gasteiger partial charge in [-0.1, -0.05) is 24.6 Å². The van der Waals surface area contributed by atoms with E-state index in [1.165, 1.54) is 5.57 Å². The first-order chi connectivity index (χ1) is 10.9. The number of ketones is 1. The van der Waals surface area contributed by atoms with Crippen molar-refractivity contribution < 1.29 is 14.3 Å². The smallest absolute Gasteiger partial charge is 0.333 e. The van der Waals surface area contributed by atoms with Crippen LogP contribution in [0.1, 0.15) is 79.1 Å². The zero-order valence-corrected chi connectivity index (χ0v) is 15.2. The van der Waals surface area contributed by atoms with E-state index >= 15 is 0 Å². The number of allylic oxidation sites excluding steroid dienone is 3. The fourth-order valence-corrected chi connectivity index (χ4v) is 3.20. The molecule has 1 aliphatic carbocycles. The molecule has 1 atom stereocenters. The summed E-state index contributed by atoms with van der Waals surface area (Å²) in [4.78, 5) is 23.7. The van der Waals surface area contributed by atoms with Crippen LogP contribution >= 0.6 is 0 Å². The zero-order chi connectivity index (χ0) is 17.3. The van der Waals surface area contributed by atoms with Crippen molar-refractivity contribution in [3.05, 3.63) is 23.3 Å². The molecule has 0 radical (unpaired) electrons. The minimum Gasteiger partial charge on any atom is -0.463 e. The van der Waals surface area contributed by atoms with E-state index in [-0.39, 0.29) is 11.4 Å². The van der Waals surface area contributed by atoms with E-state index < -0.39 is 0 Å². The van der Waals surface area contributed by atoms with Gasteiger partial charge < -0.3 is 4.74 Å². The monoisotopic (exact) mass is 320 g/mol. The minimum atomic E-state index is -0.195. The summed E-state index contributed by atoms with van der Waals surface area (Å²) in [7, 11) is 0. The Kier molecular flexibility index (Phi) is 8.29. The molecule has 1 fully saturated rings. The molecule has 23 heavy (non-hydrogen) atoms. The molecule has 0 aromatic carbocycles. The first kappa shape index (κ1) is 19.7. The molecule has 0 saturated heterocycles. The number of Topliss-reactive ketones (excluding diaryl/α,β-unsaturated/α-hetero) is 1. The standard InChI is InChI=1S/C20H32O3/c1-5-23-19(22)17(10-6-9-16(2)3)11-7-13-20(4)14-8-12-18(21)15-20/h9,11H,5-8,10,12-15H2,1-4H3/b17-11-. The van der Waals surface area contributed by atoms with E-state index in [0.29, 0.717) is 18.8 Å². The van der Waals surface area contributed by atoms with Gasteiger partial charge in [-0.25, -0.2) is 4.79 Å². The Hall–Kier alpha value is -1.38. The molecule has 0 N–H and O–H groups in total. The van der Waals surface area contributed by atoms with Gasteiger partial charge in [0.05, 0.1) is 6.61 Å². The lowest BCUT2D eigenvalue weighted by Crippen LogP contribution is -2.25. The van der Waals surface area contributed by atoms with Gasteiger partial charge in [-0.05, 0) is 64.7 Å². The summed E-state index contributed by atoms with van der Waals surface area (Å²) in [6.45, 7) is 8.57.